The van der Waals surface area contributed by atoms with Gasteiger partial charge in [-0.05, 0) is 49.9 Å². The Bertz CT molecular complexity index is 632. The maximum absolute atomic E-state index is 4.77. The molecule has 0 radical (unpaired) electrons. The van der Waals surface area contributed by atoms with Crippen LogP contribution in [-0.2, 0) is 6.54 Å². The zero-order valence-electron chi connectivity index (χ0n) is 13.1. The van der Waals surface area contributed by atoms with E-state index >= 15 is 0 Å². The lowest BCUT2D eigenvalue weighted by Crippen LogP contribution is -2.17. The van der Waals surface area contributed by atoms with Gasteiger partial charge in [-0.15, -0.1) is 0 Å². The highest BCUT2D eigenvalue weighted by molar-refractivity contribution is 5.63. The minimum atomic E-state index is 0.735. The molecule has 1 aliphatic rings. The van der Waals surface area contributed by atoms with E-state index in [1.807, 2.05) is 0 Å². The standard InChI is InChI=1S/C18H23N3/c1-13-6-4-5-7-17(13)21(3)18-11-8-15(14(2)20-18)12-19-16-9-10-16/h4-8,11,16,19H,9-10,12H2,1-3H3. The van der Waals surface area contributed by atoms with E-state index in [-0.39, 0.29) is 0 Å². The van der Waals surface area contributed by atoms with Gasteiger partial charge in [-0.25, -0.2) is 4.98 Å². The zero-order valence-corrected chi connectivity index (χ0v) is 13.1. The van der Waals surface area contributed by atoms with Crippen LogP contribution < -0.4 is 10.2 Å². The van der Waals surface area contributed by atoms with Crippen LogP contribution in [0.4, 0.5) is 11.5 Å². The number of nitrogens with one attached hydrogen (secondary N) is 1. The molecule has 3 heteroatoms. The molecule has 2 aromatic rings. The molecule has 21 heavy (non-hydrogen) atoms. The maximum Gasteiger partial charge on any atom is 0.132 e. The highest BCUT2D eigenvalue weighted by Crippen LogP contribution is 2.26. The topological polar surface area (TPSA) is 28.2 Å². The summed E-state index contributed by atoms with van der Waals surface area (Å²) in [5.41, 5.74) is 4.87. The number of hydrogen-bond acceptors (Lipinski definition) is 3. The van der Waals surface area contributed by atoms with Gasteiger partial charge in [0.05, 0.1) is 0 Å². The Morgan fingerprint density at radius 1 is 1.14 bits per heavy atom. The van der Waals surface area contributed by atoms with Gasteiger partial charge in [0.25, 0.3) is 0 Å². The monoisotopic (exact) mass is 281 g/mol. The summed E-state index contributed by atoms with van der Waals surface area (Å²) in [6.07, 6.45) is 2.64. The van der Waals surface area contributed by atoms with E-state index in [9.17, 15) is 0 Å². The number of para-hydroxylation sites is 1. The van der Waals surface area contributed by atoms with Crippen molar-refractivity contribution in [1.82, 2.24) is 10.3 Å². The minimum Gasteiger partial charge on any atom is -0.329 e. The average molecular weight is 281 g/mol. The van der Waals surface area contributed by atoms with E-state index in [1.165, 1.54) is 29.7 Å². The normalized spacial score (nSPS) is 14.2. The summed E-state index contributed by atoms with van der Waals surface area (Å²) in [4.78, 5) is 6.93. The molecule has 1 aromatic heterocycles. The van der Waals surface area contributed by atoms with Crippen molar-refractivity contribution >= 4 is 11.5 Å². The van der Waals surface area contributed by atoms with Crippen LogP contribution in [0.2, 0.25) is 0 Å². The lowest BCUT2D eigenvalue weighted by Gasteiger charge is -2.21. The van der Waals surface area contributed by atoms with Crippen LogP contribution in [0.25, 0.3) is 0 Å². The molecular formula is C18H23N3. The molecule has 1 aromatic carbocycles. The number of nitrogens with zero attached hydrogens (tertiary/aromatic N) is 2. The van der Waals surface area contributed by atoms with Crippen molar-refractivity contribution < 1.29 is 0 Å². The third-order valence-corrected chi connectivity index (χ3v) is 4.16. The first-order valence-corrected chi connectivity index (χ1v) is 7.64. The summed E-state index contributed by atoms with van der Waals surface area (Å²) in [7, 11) is 2.08. The van der Waals surface area contributed by atoms with Gasteiger partial charge in [-0.2, -0.15) is 0 Å². The van der Waals surface area contributed by atoms with Crippen LogP contribution >= 0.6 is 0 Å². The lowest BCUT2D eigenvalue weighted by atomic mass is 10.1. The first-order valence-electron chi connectivity index (χ1n) is 7.64. The van der Waals surface area contributed by atoms with Crippen molar-refractivity contribution in [3.63, 3.8) is 0 Å². The van der Waals surface area contributed by atoms with Gasteiger partial charge in [0.15, 0.2) is 0 Å². The molecule has 1 N–H and O–H groups in total. The predicted molar refractivity (Wildman–Crippen MR) is 88.1 cm³/mol. The minimum absolute atomic E-state index is 0.735. The molecule has 0 bridgehead atoms. The molecule has 0 saturated heterocycles. The SMILES string of the molecule is Cc1ccccc1N(C)c1ccc(CNC2CC2)c(C)n1. The van der Waals surface area contributed by atoms with Crippen molar-refractivity contribution in [1.29, 1.82) is 0 Å². The second-order valence-corrected chi connectivity index (χ2v) is 5.91. The van der Waals surface area contributed by atoms with E-state index in [4.69, 9.17) is 4.98 Å². The van der Waals surface area contributed by atoms with Gasteiger partial charge in [0, 0.05) is 31.0 Å². The Hall–Kier alpha value is -1.87. The third kappa shape index (κ3) is 3.24. The van der Waals surface area contributed by atoms with E-state index in [0.29, 0.717) is 0 Å². The van der Waals surface area contributed by atoms with Crippen LogP contribution in [0.15, 0.2) is 36.4 Å². The van der Waals surface area contributed by atoms with Crippen LogP contribution in [0.3, 0.4) is 0 Å². The Morgan fingerprint density at radius 2 is 1.90 bits per heavy atom. The predicted octanol–water partition coefficient (Wildman–Crippen LogP) is 3.72. The molecule has 110 valence electrons. The van der Waals surface area contributed by atoms with Gasteiger partial charge in [-0.1, -0.05) is 24.3 Å². The number of pyridine rings is 1. The van der Waals surface area contributed by atoms with E-state index in [2.05, 4.69) is 67.5 Å². The summed E-state index contributed by atoms with van der Waals surface area (Å²) in [6, 6.07) is 13.4. The Morgan fingerprint density at radius 3 is 2.57 bits per heavy atom. The van der Waals surface area contributed by atoms with Gasteiger partial charge in [0.1, 0.15) is 5.82 Å². The first kappa shape index (κ1) is 14.1. The van der Waals surface area contributed by atoms with Crippen LogP contribution in [0, 0.1) is 13.8 Å². The molecule has 3 rings (SSSR count). The van der Waals surface area contributed by atoms with Gasteiger partial charge in [0.2, 0.25) is 0 Å². The number of hydrogen-bond donors (Lipinski definition) is 1. The second kappa shape index (κ2) is 5.86. The van der Waals surface area contributed by atoms with E-state index in [1.54, 1.807) is 0 Å². The Balaban J connectivity index is 1.78. The highest BCUT2D eigenvalue weighted by Gasteiger charge is 2.20. The molecular weight excluding hydrogens is 258 g/mol. The van der Waals surface area contributed by atoms with Crippen molar-refractivity contribution in [2.75, 3.05) is 11.9 Å². The molecule has 0 amide bonds. The summed E-state index contributed by atoms with van der Waals surface area (Å²) < 4.78 is 0. The summed E-state index contributed by atoms with van der Waals surface area (Å²) in [5, 5.41) is 3.55. The van der Waals surface area contributed by atoms with Gasteiger partial charge < -0.3 is 10.2 Å². The number of anilines is 2. The van der Waals surface area contributed by atoms with Crippen molar-refractivity contribution in [3.8, 4) is 0 Å². The summed E-state index contributed by atoms with van der Waals surface area (Å²) in [6.45, 7) is 5.16. The summed E-state index contributed by atoms with van der Waals surface area (Å²) in [5.74, 6) is 0.997. The Kier molecular flexibility index (Phi) is 3.93. The molecule has 0 aliphatic heterocycles. The highest BCUT2D eigenvalue weighted by atomic mass is 15.2. The summed E-state index contributed by atoms with van der Waals surface area (Å²) >= 11 is 0. The first-order chi connectivity index (χ1) is 10.1. The number of rotatable bonds is 5. The van der Waals surface area contributed by atoms with E-state index < -0.39 is 0 Å². The van der Waals surface area contributed by atoms with Crippen LogP contribution in [-0.4, -0.2) is 18.1 Å². The Labute approximate surface area is 127 Å². The smallest absolute Gasteiger partial charge is 0.132 e. The second-order valence-electron chi connectivity index (χ2n) is 5.91. The van der Waals surface area contributed by atoms with Crippen LogP contribution in [0.5, 0.6) is 0 Å². The fourth-order valence-electron chi connectivity index (χ4n) is 2.56. The van der Waals surface area contributed by atoms with Gasteiger partial charge in [-0.3, -0.25) is 0 Å². The average Bonchev–Trinajstić information content (AvgIpc) is 3.30. The molecule has 1 saturated carbocycles. The van der Waals surface area contributed by atoms with Gasteiger partial charge >= 0.3 is 0 Å². The number of aromatic nitrogens is 1. The fourth-order valence-corrected chi connectivity index (χ4v) is 2.56. The molecule has 1 aliphatic carbocycles. The quantitative estimate of drug-likeness (QED) is 0.905. The third-order valence-electron chi connectivity index (χ3n) is 4.16. The maximum atomic E-state index is 4.77. The molecule has 0 unspecified atom stereocenters. The van der Waals surface area contributed by atoms with Crippen molar-refractivity contribution in [2.45, 2.75) is 39.3 Å². The molecule has 1 fully saturated rings. The molecule has 3 nitrogen and oxygen atoms in total. The molecule has 0 atom stereocenters. The lowest BCUT2D eigenvalue weighted by molar-refractivity contribution is 0.682. The van der Waals surface area contributed by atoms with Crippen molar-refractivity contribution in [3.05, 3.63) is 53.2 Å². The number of aryl methyl sites for hydroxylation is 2. The largest absolute Gasteiger partial charge is 0.329 e. The zero-order chi connectivity index (χ0) is 14.8. The van der Waals surface area contributed by atoms with Crippen molar-refractivity contribution in [2.24, 2.45) is 0 Å². The van der Waals surface area contributed by atoms with E-state index in [0.717, 1.165) is 24.1 Å². The van der Waals surface area contributed by atoms with Crippen LogP contribution in [0.1, 0.15) is 29.7 Å². The number of benzene rings is 1. The molecule has 1 heterocycles. The fraction of sp³-hybridized carbons (Fsp3) is 0.389. The molecule has 0 spiro atoms.